The molecule has 2 aromatic carbocycles. The first-order chi connectivity index (χ1) is 11.1. The number of hydrogen-bond donors (Lipinski definition) is 1. The van der Waals surface area contributed by atoms with E-state index in [1.54, 1.807) is 24.3 Å². The van der Waals surface area contributed by atoms with Crippen LogP contribution in [0, 0.1) is 5.82 Å². The predicted molar refractivity (Wildman–Crippen MR) is 94.7 cm³/mol. The van der Waals surface area contributed by atoms with Gasteiger partial charge in [-0.15, -0.1) is 11.8 Å². The molecule has 0 heterocycles. The fourth-order valence-electron chi connectivity index (χ4n) is 1.95. The van der Waals surface area contributed by atoms with Crippen molar-refractivity contribution in [2.45, 2.75) is 4.90 Å². The highest BCUT2D eigenvalue weighted by molar-refractivity contribution is 7.99. The molecule has 0 saturated heterocycles. The van der Waals surface area contributed by atoms with E-state index in [4.69, 9.17) is 11.6 Å². The average molecular weight is 353 g/mol. The SMILES string of the molecule is CN(CCSc1ccccc1F)CC(=O)Nc1ccccc1Cl. The van der Waals surface area contributed by atoms with Crippen LogP contribution in [0.4, 0.5) is 10.1 Å². The number of thioether (sulfide) groups is 1. The van der Waals surface area contributed by atoms with Crippen molar-refractivity contribution in [2.24, 2.45) is 0 Å². The molecule has 0 aliphatic heterocycles. The quantitative estimate of drug-likeness (QED) is 0.760. The van der Waals surface area contributed by atoms with Crippen LogP contribution in [0.25, 0.3) is 0 Å². The van der Waals surface area contributed by atoms with Crippen LogP contribution >= 0.6 is 23.4 Å². The Kier molecular flexibility index (Phi) is 6.89. The third-order valence-electron chi connectivity index (χ3n) is 3.13. The van der Waals surface area contributed by atoms with Gasteiger partial charge in [-0.2, -0.15) is 0 Å². The molecule has 0 atom stereocenters. The maximum atomic E-state index is 13.5. The average Bonchev–Trinajstić information content (AvgIpc) is 2.51. The van der Waals surface area contributed by atoms with Gasteiger partial charge >= 0.3 is 0 Å². The summed E-state index contributed by atoms with van der Waals surface area (Å²) in [6.07, 6.45) is 0. The molecule has 0 aliphatic carbocycles. The van der Waals surface area contributed by atoms with E-state index in [1.165, 1.54) is 17.8 Å². The maximum absolute atomic E-state index is 13.5. The van der Waals surface area contributed by atoms with Crippen LogP contribution in [0.15, 0.2) is 53.4 Å². The molecule has 0 radical (unpaired) electrons. The van der Waals surface area contributed by atoms with Crippen LogP contribution in [-0.4, -0.2) is 36.7 Å². The number of nitrogens with one attached hydrogen (secondary N) is 1. The molecule has 2 aromatic rings. The summed E-state index contributed by atoms with van der Waals surface area (Å²) in [5.41, 5.74) is 0.605. The number of para-hydroxylation sites is 1. The third kappa shape index (κ3) is 5.86. The highest BCUT2D eigenvalue weighted by atomic mass is 35.5. The molecule has 0 aromatic heterocycles. The van der Waals surface area contributed by atoms with Gasteiger partial charge < -0.3 is 5.32 Å². The minimum absolute atomic E-state index is 0.128. The lowest BCUT2D eigenvalue weighted by Crippen LogP contribution is -2.31. The van der Waals surface area contributed by atoms with Gasteiger partial charge in [-0.1, -0.05) is 35.9 Å². The van der Waals surface area contributed by atoms with E-state index >= 15 is 0 Å². The summed E-state index contributed by atoms with van der Waals surface area (Å²) in [6.45, 7) is 0.929. The second-order valence-electron chi connectivity index (χ2n) is 5.04. The molecule has 0 fully saturated rings. The molecule has 3 nitrogen and oxygen atoms in total. The van der Waals surface area contributed by atoms with E-state index in [0.29, 0.717) is 27.9 Å². The molecule has 1 amide bonds. The number of anilines is 1. The first-order valence-electron chi connectivity index (χ1n) is 7.16. The van der Waals surface area contributed by atoms with E-state index in [1.807, 2.05) is 30.1 Å². The fourth-order valence-corrected chi connectivity index (χ4v) is 3.14. The number of carbonyl (C=O) groups is 1. The molecular formula is C17H18ClFN2OS. The number of halogens is 2. The highest BCUT2D eigenvalue weighted by Crippen LogP contribution is 2.21. The summed E-state index contributed by atoms with van der Waals surface area (Å²) in [4.78, 5) is 14.5. The van der Waals surface area contributed by atoms with E-state index in [9.17, 15) is 9.18 Å². The minimum Gasteiger partial charge on any atom is -0.324 e. The van der Waals surface area contributed by atoms with Gasteiger partial charge in [-0.25, -0.2) is 4.39 Å². The lowest BCUT2D eigenvalue weighted by molar-refractivity contribution is -0.117. The van der Waals surface area contributed by atoms with Gasteiger partial charge in [0.15, 0.2) is 0 Å². The number of rotatable bonds is 7. The van der Waals surface area contributed by atoms with Crippen molar-refractivity contribution in [3.63, 3.8) is 0 Å². The third-order valence-corrected chi connectivity index (χ3v) is 4.49. The number of amides is 1. The van der Waals surface area contributed by atoms with Crippen LogP contribution in [0.1, 0.15) is 0 Å². The zero-order valence-electron chi connectivity index (χ0n) is 12.8. The second kappa shape index (κ2) is 8.91. The Balaban J connectivity index is 1.74. The van der Waals surface area contributed by atoms with Gasteiger partial charge in [-0.05, 0) is 31.3 Å². The van der Waals surface area contributed by atoms with Gasteiger partial charge in [0.25, 0.3) is 0 Å². The van der Waals surface area contributed by atoms with Crippen molar-refractivity contribution < 1.29 is 9.18 Å². The van der Waals surface area contributed by atoms with Crippen LogP contribution in [0.5, 0.6) is 0 Å². The summed E-state index contributed by atoms with van der Waals surface area (Å²) in [5, 5.41) is 3.29. The van der Waals surface area contributed by atoms with Crippen LogP contribution in [0.3, 0.4) is 0 Å². The van der Waals surface area contributed by atoms with E-state index in [2.05, 4.69) is 5.32 Å². The molecule has 0 spiro atoms. The van der Waals surface area contributed by atoms with E-state index in [-0.39, 0.29) is 18.3 Å². The van der Waals surface area contributed by atoms with Gasteiger partial charge in [0.05, 0.1) is 17.3 Å². The summed E-state index contributed by atoms with van der Waals surface area (Å²) in [6, 6.07) is 13.8. The Labute approximate surface area is 144 Å². The Morgan fingerprint density at radius 2 is 1.91 bits per heavy atom. The van der Waals surface area contributed by atoms with Crippen molar-refractivity contribution >= 4 is 35.0 Å². The Morgan fingerprint density at radius 3 is 2.65 bits per heavy atom. The summed E-state index contributed by atoms with van der Waals surface area (Å²) in [7, 11) is 1.86. The zero-order chi connectivity index (χ0) is 16.7. The van der Waals surface area contributed by atoms with Crippen molar-refractivity contribution in [3.05, 3.63) is 59.4 Å². The lowest BCUT2D eigenvalue weighted by Gasteiger charge is -2.16. The van der Waals surface area contributed by atoms with Crippen molar-refractivity contribution in [3.8, 4) is 0 Å². The van der Waals surface area contributed by atoms with Gasteiger partial charge in [0, 0.05) is 17.2 Å². The number of hydrogen-bond acceptors (Lipinski definition) is 3. The molecular weight excluding hydrogens is 335 g/mol. The van der Waals surface area contributed by atoms with Gasteiger partial charge in [0.2, 0.25) is 5.91 Å². The number of carbonyl (C=O) groups excluding carboxylic acids is 1. The molecule has 0 saturated carbocycles. The first-order valence-corrected chi connectivity index (χ1v) is 8.53. The second-order valence-corrected chi connectivity index (χ2v) is 6.59. The number of nitrogens with zero attached hydrogens (tertiary/aromatic N) is 1. The predicted octanol–water partition coefficient (Wildman–Crippen LogP) is 4.14. The number of likely N-dealkylation sites (N-methyl/N-ethyl adjacent to an activating group) is 1. The standard InChI is InChI=1S/C17H18ClFN2OS/c1-21(10-11-23-16-9-5-3-7-14(16)19)12-17(22)20-15-8-4-2-6-13(15)18/h2-9H,10-12H2,1H3,(H,20,22). The Morgan fingerprint density at radius 1 is 1.22 bits per heavy atom. The van der Waals surface area contributed by atoms with Crippen LogP contribution in [0.2, 0.25) is 5.02 Å². The molecule has 0 bridgehead atoms. The van der Waals surface area contributed by atoms with Crippen LogP contribution in [-0.2, 0) is 4.79 Å². The smallest absolute Gasteiger partial charge is 0.238 e. The Bertz CT molecular complexity index is 669. The van der Waals surface area contributed by atoms with Crippen molar-refractivity contribution in [2.75, 3.05) is 31.2 Å². The molecule has 0 aliphatic rings. The van der Waals surface area contributed by atoms with Crippen molar-refractivity contribution in [1.82, 2.24) is 4.90 Å². The van der Waals surface area contributed by atoms with Gasteiger partial charge in [-0.3, -0.25) is 9.69 Å². The van der Waals surface area contributed by atoms with Crippen LogP contribution < -0.4 is 5.32 Å². The summed E-state index contributed by atoms with van der Waals surface area (Å²) >= 11 is 7.44. The molecule has 6 heteroatoms. The molecule has 2 rings (SSSR count). The number of benzene rings is 2. The monoisotopic (exact) mass is 352 g/mol. The molecule has 23 heavy (non-hydrogen) atoms. The topological polar surface area (TPSA) is 32.3 Å². The molecule has 122 valence electrons. The summed E-state index contributed by atoms with van der Waals surface area (Å²) in [5.74, 6) is 0.365. The van der Waals surface area contributed by atoms with Crippen molar-refractivity contribution in [1.29, 1.82) is 0 Å². The molecule has 1 N–H and O–H groups in total. The lowest BCUT2D eigenvalue weighted by atomic mass is 10.3. The largest absolute Gasteiger partial charge is 0.324 e. The Hall–Kier alpha value is -1.56. The zero-order valence-corrected chi connectivity index (χ0v) is 14.3. The highest BCUT2D eigenvalue weighted by Gasteiger charge is 2.09. The normalized spacial score (nSPS) is 10.8. The van der Waals surface area contributed by atoms with E-state index in [0.717, 1.165) is 0 Å². The first kappa shape index (κ1) is 17.8. The fraction of sp³-hybridized carbons (Fsp3) is 0.235. The minimum atomic E-state index is -0.211. The van der Waals surface area contributed by atoms with Gasteiger partial charge in [0.1, 0.15) is 5.82 Å². The summed E-state index contributed by atoms with van der Waals surface area (Å²) < 4.78 is 13.5. The maximum Gasteiger partial charge on any atom is 0.238 e. The molecule has 0 unspecified atom stereocenters. The van der Waals surface area contributed by atoms with E-state index < -0.39 is 0 Å².